The van der Waals surface area contributed by atoms with E-state index in [0.29, 0.717) is 35.0 Å². The Balaban J connectivity index is 1.91. The molecule has 0 saturated heterocycles. The van der Waals surface area contributed by atoms with E-state index in [4.69, 9.17) is 10.5 Å². The number of nitrogens with two attached hydrogens (primary N) is 1. The monoisotopic (exact) mass is 365 g/mol. The molecule has 2 aromatic rings. The van der Waals surface area contributed by atoms with E-state index >= 15 is 0 Å². The number of ether oxygens (including phenoxy) is 1. The van der Waals surface area contributed by atoms with Gasteiger partial charge >= 0.3 is 6.09 Å². The Morgan fingerprint density at radius 2 is 2.17 bits per heavy atom. The number of carbonyl (C=O) groups excluding carboxylic acids is 3. The molecule has 0 radical (unpaired) electrons. The number of amides is 3. The number of rotatable bonds is 3. The van der Waals surface area contributed by atoms with Crippen LogP contribution in [0.1, 0.15) is 30.5 Å². The van der Waals surface area contributed by atoms with E-state index in [2.05, 4.69) is 5.32 Å². The van der Waals surface area contributed by atoms with Gasteiger partial charge in [-0.3, -0.25) is 9.59 Å². The van der Waals surface area contributed by atoms with Gasteiger partial charge in [-0.2, -0.15) is 0 Å². The maximum Gasteiger partial charge on any atom is 0.409 e. The van der Waals surface area contributed by atoms with Crippen LogP contribution in [0.4, 0.5) is 9.80 Å². The van der Waals surface area contributed by atoms with Crippen LogP contribution in [0, 0.1) is 0 Å². The van der Waals surface area contributed by atoms with Gasteiger partial charge in [0, 0.05) is 11.4 Å². The van der Waals surface area contributed by atoms with Crippen LogP contribution in [-0.4, -0.2) is 36.5 Å². The third-order valence-corrected chi connectivity index (χ3v) is 5.71. The lowest BCUT2D eigenvalue weighted by atomic mass is 10.0. The second kappa shape index (κ2) is 6.62. The minimum atomic E-state index is -0.583. The lowest BCUT2D eigenvalue weighted by molar-refractivity contribution is 0.0999. The molecule has 3 amide bonds. The molecule has 24 heavy (non-hydrogen) atoms. The van der Waals surface area contributed by atoms with Crippen molar-refractivity contribution in [2.45, 2.75) is 13.0 Å². The highest BCUT2D eigenvalue weighted by Crippen LogP contribution is 2.37. The normalized spacial score (nSPS) is 13.3. The standard InChI is InChI=1S/C15H15N3O4S2/c1-22-15(21)18-5-4-8-10(7-18)24-14(11(8)12(16)19)17-13(20)9-3-2-6-23-9/h2-3,6H,4-5,7H2,1H3,(H2,16,19)(H,17,20). The molecule has 0 atom stereocenters. The first-order valence-corrected chi connectivity index (χ1v) is 8.83. The molecular weight excluding hydrogens is 350 g/mol. The highest BCUT2D eigenvalue weighted by molar-refractivity contribution is 7.17. The number of fused-ring (bicyclic) bond motifs is 1. The van der Waals surface area contributed by atoms with Gasteiger partial charge in [-0.25, -0.2) is 4.79 Å². The molecule has 1 aliphatic heterocycles. The molecule has 3 heterocycles. The number of hydrogen-bond acceptors (Lipinski definition) is 6. The maximum atomic E-state index is 12.3. The molecule has 7 nitrogen and oxygen atoms in total. The van der Waals surface area contributed by atoms with Crippen molar-refractivity contribution in [3.05, 3.63) is 38.4 Å². The summed E-state index contributed by atoms with van der Waals surface area (Å²) in [6.07, 6.45) is 0.0764. The van der Waals surface area contributed by atoms with E-state index in [1.807, 2.05) is 0 Å². The second-order valence-electron chi connectivity index (χ2n) is 5.15. The zero-order chi connectivity index (χ0) is 17.3. The Morgan fingerprint density at radius 1 is 1.38 bits per heavy atom. The molecule has 0 bridgehead atoms. The third-order valence-electron chi connectivity index (χ3n) is 3.71. The highest BCUT2D eigenvalue weighted by atomic mass is 32.1. The summed E-state index contributed by atoms with van der Waals surface area (Å²) >= 11 is 2.58. The molecule has 0 saturated carbocycles. The van der Waals surface area contributed by atoms with Gasteiger partial charge in [0.15, 0.2) is 0 Å². The van der Waals surface area contributed by atoms with Crippen LogP contribution in [0.3, 0.4) is 0 Å². The van der Waals surface area contributed by atoms with Crippen molar-refractivity contribution in [1.29, 1.82) is 0 Å². The lowest BCUT2D eigenvalue weighted by Gasteiger charge is -2.25. The largest absolute Gasteiger partial charge is 0.453 e. The average Bonchev–Trinajstić information content (AvgIpc) is 3.20. The predicted octanol–water partition coefficient (Wildman–Crippen LogP) is 2.29. The van der Waals surface area contributed by atoms with Crippen molar-refractivity contribution in [2.75, 3.05) is 19.0 Å². The van der Waals surface area contributed by atoms with Crippen LogP contribution >= 0.6 is 22.7 Å². The number of nitrogens with one attached hydrogen (secondary N) is 1. The number of carbonyl (C=O) groups is 3. The molecular formula is C15H15N3O4S2. The van der Waals surface area contributed by atoms with Gasteiger partial charge < -0.3 is 20.7 Å². The Labute approximate surface area is 146 Å². The van der Waals surface area contributed by atoms with E-state index in [9.17, 15) is 14.4 Å². The summed E-state index contributed by atoms with van der Waals surface area (Å²) in [6.45, 7) is 0.775. The Bertz CT molecular complexity index is 798. The van der Waals surface area contributed by atoms with E-state index in [1.54, 1.807) is 22.4 Å². The van der Waals surface area contributed by atoms with Crippen LogP contribution in [0.2, 0.25) is 0 Å². The van der Waals surface area contributed by atoms with Gasteiger partial charge in [0.1, 0.15) is 5.00 Å². The summed E-state index contributed by atoms with van der Waals surface area (Å²) in [5.74, 6) is -0.864. The van der Waals surface area contributed by atoms with Gasteiger partial charge in [0.25, 0.3) is 11.8 Å². The molecule has 0 aliphatic carbocycles. The first kappa shape index (κ1) is 16.5. The molecule has 0 unspecified atom stereocenters. The van der Waals surface area contributed by atoms with Crippen molar-refractivity contribution in [3.63, 3.8) is 0 Å². The fourth-order valence-electron chi connectivity index (χ4n) is 2.61. The summed E-state index contributed by atoms with van der Waals surface area (Å²) < 4.78 is 4.73. The highest BCUT2D eigenvalue weighted by Gasteiger charge is 2.30. The number of methoxy groups -OCH3 is 1. The van der Waals surface area contributed by atoms with Crippen LogP contribution in [0.15, 0.2) is 17.5 Å². The van der Waals surface area contributed by atoms with E-state index in [0.717, 1.165) is 10.4 Å². The van der Waals surface area contributed by atoms with Gasteiger partial charge in [0.05, 0.1) is 24.1 Å². The SMILES string of the molecule is COC(=O)N1CCc2c(sc(NC(=O)c3cccs3)c2C(N)=O)C1. The fourth-order valence-corrected chi connectivity index (χ4v) is 4.49. The maximum absolute atomic E-state index is 12.3. The Morgan fingerprint density at radius 3 is 2.79 bits per heavy atom. The summed E-state index contributed by atoms with van der Waals surface area (Å²) in [7, 11) is 1.33. The zero-order valence-corrected chi connectivity index (χ0v) is 14.5. The molecule has 3 rings (SSSR count). The second-order valence-corrected chi connectivity index (χ2v) is 7.20. The predicted molar refractivity (Wildman–Crippen MR) is 91.6 cm³/mol. The van der Waals surface area contributed by atoms with Crippen molar-refractivity contribution in [1.82, 2.24) is 4.90 Å². The number of thiophene rings is 2. The lowest BCUT2D eigenvalue weighted by Crippen LogP contribution is -2.35. The first-order valence-electron chi connectivity index (χ1n) is 7.13. The number of hydrogen-bond donors (Lipinski definition) is 2. The van der Waals surface area contributed by atoms with Crippen LogP contribution in [-0.2, 0) is 17.7 Å². The fraction of sp³-hybridized carbons (Fsp3) is 0.267. The first-order chi connectivity index (χ1) is 11.5. The van der Waals surface area contributed by atoms with Gasteiger partial charge in [-0.05, 0) is 23.4 Å². The van der Waals surface area contributed by atoms with Crippen molar-refractivity contribution in [3.8, 4) is 0 Å². The van der Waals surface area contributed by atoms with Crippen molar-refractivity contribution in [2.24, 2.45) is 5.73 Å². The molecule has 0 fully saturated rings. The summed E-state index contributed by atoms with van der Waals surface area (Å²) in [4.78, 5) is 38.7. The van der Waals surface area contributed by atoms with Gasteiger partial charge in [-0.15, -0.1) is 22.7 Å². The van der Waals surface area contributed by atoms with Gasteiger partial charge in [-0.1, -0.05) is 6.07 Å². The Hall–Kier alpha value is -2.39. The number of nitrogens with zero attached hydrogens (tertiary/aromatic N) is 1. The van der Waals surface area contributed by atoms with Crippen LogP contribution in [0.5, 0.6) is 0 Å². The minimum absolute atomic E-state index is 0.282. The van der Waals surface area contributed by atoms with E-state index < -0.39 is 12.0 Å². The topological polar surface area (TPSA) is 102 Å². The minimum Gasteiger partial charge on any atom is -0.453 e. The number of primary amides is 1. The summed E-state index contributed by atoms with van der Waals surface area (Å²) in [6, 6.07) is 3.48. The molecule has 126 valence electrons. The molecule has 0 spiro atoms. The van der Waals surface area contributed by atoms with E-state index in [1.165, 1.54) is 29.8 Å². The molecule has 2 aromatic heterocycles. The summed E-state index contributed by atoms with van der Waals surface area (Å²) in [5, 5.41) is 5.00. The third kappa shape index (κ3) is 3.00. The van der Waals surface area contributed by atoms with Gasteiger partial charge in [0.2, 0.25) is 0 Å². The van der Waals surface area contributed by atoms with Crippen LogP contribution in [0.25, 0.3) is 0 Å². The molecule has 1 aliphatic rings. The summed E-state index contributed by atoms with van der Waals surface area (Å²) in [5.41, 5.74) is 6.65. The molecule has 0 aromatic carbocycles. The van der Waals surface area contributed by atoms with Crippen LogP contribution < -0.4 is 11.1 Å². The number of anilines is 1. The molecule has 9 heteroatoms. The Kier molecular flexibility index (Phi) is 4.54. The van der Waals surface area contributed by atoms with Crippen molar-refractivity contribution >= 4 is 45.6 Å². The quantitative estimate of drug-likeness (QED) is 0.871. The van der Waals surface area contributed by atoms with E-state index in [-0.39, 0.29) is 5.91 Å². The molecule has 3 N–H and O–H groups in total. The zero-order valence-electron chi connectivity index (χ0n) is 12.8. The van der Waals surface area contributed by atoms with Crippen molar-refractivity contribution < 1.29 is 19.1 Å². The average molecular weight is 365 g/mol. The smallest absolute Gasteiger partial charge is 0.409 e.